The van der Waals surface area contributed by atoms with E-state index in [2.05, 4.69) is 236 Å². The van der Waals surface area contributed by atoms with Crippen LogP contribution < -0.4 is 14.7 Å². The van der Waals surface area contributed by atoms with E-state index in [1.807, 2.05) is 34.0 Å². The summed E-state index contributed by atoms with van der Waals surface area (Å²) in [5.74, 6) is 0. The molecule has 3 aliphatic heterocycles. The van der Waals surface area contributed by atoms with Crippen molar-refractivity contribution in [2.45, 2.75) is 59.7 Å². The molecule has 64 heavy (non-hydrogen) atoms. The van der Waals surface area contributed by atoms with Crippen LogP contribution in [0.2, 0.25) is 0 Å². The van der Waals surface area contributed by atoms with Crippen molar-refractivity contribution < 1.29 is 20.1 Å². The summed E-state index contributed by atoms with van der Waals surface area (Å²) >= 11 is 5.63. The maximum Gasteiger partial charge on any atom is 3.00 e. The molecule has 0 spiro atoms. The van der Waals surface area contributed by atoms with Gasteiger partial charge in [-0.15, -0.1) is 34.0 Å². The number of hydrogen-bond donors (Lipinski definition) is 0. The monoisotopic (exact) mass is 1080 g/mol. The third kappa shape index (κ3) is 8.38. The Morgan fingerprint density at radius 1 is 0.328 bits per heavy atom. The molecule has 0 bridgehead atoms. The molecular weight excluding hydrogens is 1020 g/mol. The van der Waals surface area contributed by atoms with E-state index in [9.17, 15) is 0 Å². The predicted octanol–water partition coefficient (Wildman–Crippen LogP) is 15.0. The van der Waals surface area contributed by atoms with Gasteiger partial charge >= 0.3 is 20.1 Å². The largest absolute Gasteiger partial charge is 3.00 e. The van der Waals surface area contributed by atoms with Gasteiger partial charge in [0.25, 0.3) is 0 Å². The second-order valence-electron chi connectivity index (χ2n) is 17.3. The minimum atomic E-state index is 0. The fourth-order valence-corrected chi connectivity index (χ4v) is 12.2. The minimum Gasteiger partial charge on any atom is -0.356 e. The zero-order valence-electron chi connectivity index (χ0n) is 37.2. The Morgan fingerprint density at radius 3 is 0.859 bits per heavy atom. The van der Waals surface area contributed by atoms with E-state index in [1.54, 1.807) is 0 Å². The predicted molar refractivity (Wildman–Crippen MR) is 278 cm³/mol. The van der Waals surface area contributed by atoms with Crippen LogP contribution in [-0.2, 0) is 20.1 Å². The van der Waals surface area contributed by atoms with Gasteiger partial charge in [0.15, 0.2) is 0 Å². The number of fused-ring (bicyclic) bond motifs is 9. The fourth-order valence-electron chi connectivity index (χ4n) is 8.77. The molecule has 10 heteroatoms. The molecule has 9 aromatic rings. The SMILES string of the molecule is CC(C)N1C=CN(c2cccc3sc4ccccc4c23)C1.CC(C)N1C=CN(c2cccc3sc4ccccc4c23)C1.CC(C)N1C=CN(c2cccc3sc4ccccc4c23)C1.[Ir+3]. The van der Waals surface area contributed by atoms with Crippen LogP contribution in [0.25, 0.3) is 60.5 Å². The Morgan fingerprint density at radius 2 is 0.594 bits per heavy atom. The number of benzene rings is 6. The maximum absolute atomic E-state index is 2.35. The van der Waals surface area contributed by atoms with Crippen molar-refractivity contribution in [2.75, 3.05) is 34.7 Å². The molecule has 12 rings (SSSR count). The van der Waals surface area contributed by atoms with Gasteiger partial charge in [-0.1, -0.05) is 72.8 Å². The first-order valence-corrected chi connectivity index (χ1v) is 24.5. The number of thiophene rings is 3. The van der Waals surface area contributed by atoms with Crippen LogP contribution in [0.3, 0.4) is 0 Å². The van der Waals surface area contributed by atoms with Crippen molar-refractivity contribution in [3.8, 4) is 0 Å². The molecule has 0 N–H and O–H groups in total. The summed E-state index contributed by atoms with van der Waals surface area (Å²) in [4.78, 5) is 14.1. The summed E-state index contributed by atoms with van der Waals surface area (Å²) < 4.78 is 8.19. The first kappa shape index (κ1) is 43.9. The number of anilines is 3. The summed E-state index contributed by atoms with van der Waals surface area (Å²) in [5.41, 5.74) is 3.93. The van der Waals surface area contributed by atoms with Gasteiger partial charge in [-0.25, -0.2) is 0 Å². The molecule has 324 valence electrons. The molecule has 3 aliphatic rings. The second kappa shape index (κ2) is 18.6. The summed E-state index contributed by atoms with van der Waals surface area (Å²) in [6.07, 6.45) is 13.2. The Hall–Kier alpha value is -5.35. The Labute approximate surface area is 402 Å². The van der Waals surface area contributed by atoms with Crippen LogP contribution >= 0.6 is 34.0 Å². The fraction of sp³-hybridized carbons (Fsp3) is 0.222. The molecule has 6 aromatic carbocycles. The quantitative estimate of drug-likeness (QED) is 0.164. The zero-order chi connectivity index (χ0) is 43.2. The molecule has 0 amide bonds. The Kier molecular flexibility index (Phi) is 12.8. The molecule has 0 saturated heterocycles. The smallest absolute Gasteiger partial charge is 0.356 e. The molecule has 3 aromatic heterocycles. The van der Waals surface area contributed by atoms with Crippen LogP contribution in [0.1, 0.15) is 41.5 Å². The third-order valence-electron chi connectivity index (χ3n) is 12.3. The van der Waals surface area contributed by atoms with Gasteiger partial charge in [0.05, 0.1) is 37.1 Å². The molecule has 0 unspecified atom stereocenters. The van der Waals surface area contributed by atoms with Crippen LogP contribution in [0.4, 0.5) is 17.1 Å². The molecule has 0 aliphatic carbocycles. The number of hydrogen-bond acceptors (Lipinski definition) is 9. The van der Waals surface area contributed by atoms with Crippen molar-refractivity contribution in [1.29, 1.82) is 0 Å². The molecule has 0 atom stereocenters. The average molecular weight is 1080 g/mol. The van der Waals surface area contributed by atoms with E-state index < -0.39 is 0 Å². The van der Waals surface area contributed by atoms with Crippen molar-refractivity contribution in [2.24, 2.45) is 0 Å². The molecule has 0 radical (unpaired) electrons. The number of rotatable bonds is 6. The molecular formula is C54H54IrN6S3+3. The van der Waals surface area contributed by atoms with Gasteiger partial charge in [0.1, 0.15) is 0 Å². The minimum absolute atomic E-state index is 0. The van der Waals surface area contributed by atoms with E-state index >= 15 is 0 Å². The zero-order valence-corrected chi connectivity index (χ0v) is 42.0. The van der Waals surface area contributed by atoms with Gasteiger partial charge in [0, 0.05) is 116 Å². The maximum atomic E-state index is 2.35. The van der Waals surface area contributed by atoms with Crippen LogP contribution in [0, 0.1) is 0 Å². The van der Waals surface area contributed by atoms with E-state index in [1.165, 1.54) is 77.6 Å². The van der Waals surface area contributed by atoms with Crippen molar-refractivity contribution in [3.63, 3.8) is 0 Å². The molecule has 0 saturated carbocycles. The standard InChI is InChI=1S/3C18H18N2S.Ir/c3*1-13(2)19-10-11-20(12-19)15-7-5-9-17-18(15)14-6-3-4-8-16(14)21-17;/h3*3-11,13H,12H2,1-2H3;/q;;;+3. The van der Waals surface area contributed by atoms with Crippen molar-refractivity contribution in [1.82, 2.24) is 14.7 Å². The van der Waals surface area contributed by atoms with E-state index in [0.29, 0.717) is 18.1 Å². The van der Waals surface area contributed by atoms with E-state index in [4.69, 9.17) is 0 Å². The first-order chi connectivity index (χ1) is 30.7. The first-order valence-electron chi connectivity index (χ1n) is 22.0. The van der Waals surface area contributed by atoms with Gasteiger partial charge in [-0.2, -0.15) is 0 Å². The van der Waals surface area contributed by atoms with Crippen molar-refractivity contribution >= 4 is 112 Å². The van der Waals surface area contributed by atoms with Crippen LogP contribution in [-0.4, -0.2) is 52.8 Å². The van der Waals surface area contributed by atoms with Gasteiger partial charge in [-0.05, 0) is 96.1 Å². The molecule has 6 nitrogen and oxygen atoms in total. The second-order valence-corrected chi connectivity index (χ2v) is 20.5. The van der Waals surface area contributed by atoms with Crippen LogP contribution in [0.5, 0.6) is 0 Å². The Bertz CT molecular complexity index is 2840. The van der Waals surface area contributed by atoms with Crippen LogP contribution in [0.15, 0.2) is 165 Å². The number of nitrogens with zero attached hydrogens (tertiary/aromatic N) is 6. The topological polar surface area (TPSA) is 19.4 Å². The van der Waals surface area contributed by atoms with Gasteiger partial charge in [0.2, 0.25) is 0 Å². The summed E-state index contributed by atoms with van der Waals surface area (Å²) in [6.45, 7) is 16.2. The summed E-state index contributed by atoms with van der Waals surface area (Å²) in [5, 5.41) is 8.24. The molecule has 6 heterocycles. The third-order valence-corrected chi connectivity index (χ3v) is 15.7. The average Bonchev–Trinajstić information content (AvgIpc) is 4.16. The summed E-state index contributed by atoms with van der Waals surface area (Å²) in [6, 6.07) is 47.6. The summed E-state index contributed by atoms with van der Waals surface area (Å²) in [7, 11) is 0. The molecule has 0 fully saturated rings. The van der Waals surface area contributed by atoms with Crippen molar-refractivity contribution in [3.05, 3.63) is 165 Å². The van der Waals surface area contributed by atoms with Gasteiger partial charge < -0.3 is 29.4 Å². The van der Waals surface area contributed by atoms with E-state index in [-0.39, 0.29) is 20.1 Å². The Balaban J connectivity index is 0.000000121. The van der Waals surface area contributed by atoms with Gasteiger partial charge in [-0.3, -0.25) is 0 Å². The normalized spacial score (nSPS) is 14.8. The van der Waals surface area contributed by atoms with E-state index in [0.717, 1.165) is 20.0 Å².